The van der Waals surface area contributed by atoms with E-state index in [1.165, 1.54) is 5.69 Å². The van der Waals surface area contributed by atoms with Crippen molar-refractivity contribution in [1.82, 2.24) is 14.5 Å². The summed E-state index contributed by atoms with van der Waals surface area (Å²) in [4.78, 5) is 18.8. The van der Waals surface area contributed by atoms with Crippen LogP contribution in [-0.2, 0) is 29.0 Å². The number of halogens is 1. The van der Waals surface area contributed by atoms with Crippen LogP contribution in [0, 0.1) is 3.83 Å². The van der Waals surface area contributed by atoms with Gasteiger partial charge in [0.1, 0.15) is 12.3 Å². The molecular weight excluding hydrogens is 461 g/mol. The van der Waals surface area contributed by atoms with Crippen LogP contribution in [0.1, 0.15) is 32.2 Å². The van der Waals surface area contributed by atoms with Gasteiger partial charge in [-0.15, -0.1) is 0 Å². The second kappa shape index (κ2) is 8.60. The van der Waals surface area contributed by atoms with Gasteiger partial charge in [0.15, 0.2) is 3.83 Å². The van der Waals surface area contributed by atoms with Crippen molar-refractivity contribution < 1.29 is 14.3 Å². The number of imidazole rings is 1. The van der Waals surface area contributed by atoms with Gasteiger partial charge in [-0.1, -0.05) is 19.6 Å². The summed E-state index contributed by atoms with van der Waals surface area (Å²) in [6.07, 6.45) is 1.30. The molecule has 0 saturated heterocycles. The number of ether oxygens (including phenoxy) is 2. The second-order valence-electron chi connectivity index (χ2n) is 9.02. The molecule has 8 heteroatoms. The highest BCUT2D eigenvalue weighted by molar-refractivity contribution is 14.1. The van der Waals surface area contributed by atoms with Gasteiger partial charge in [-0.3, -0.25) is 4.57 Å². The molecule has 0 radical (unpaired) electrons. The first kappa shape index (κ1) is 21.7. The molecule has 1 aliphatic heterocycles. The van der Waals surface area contributed by atoms with Crippen molar-refractivity contribution in [2.24, 2.45) is 0 Å². The fourth-order valence-electron chi connectivity index (χ4n) is 2.75. The maximum absolute atomic E-state index is 12.4. The lowest BCUT2D eigenvalue weighted by Gasteiger charge is -2.26. The number of rotatable bonds is 5. The van der Waals surface area contributed by atoms with Gasteiger partial charge in [-0.25, -0.2) is 9.78 Å². The number of fused-ring (bicyclic) bond motifs is 1. The third-order valence-electron chi connectivity index (χ3n) is 4.21. The van der Waals surface area contributed by atoms with Gasteiger partial charge < -0.3 is 14.4 Å². The summed E-state index contributed by atoms with van der Waals surface area (Å²) in [6.45, 7) is 15.4. The molecule has 0 bridgehead atoms. The van der Waals surface area contributed by atoms with Crippen LogP contribution in [0.2, 0.25) is 25.7 Å². The highest BCUT2D eigenvalue weighted by atomic mass is 127. The molecule has 0 aliphatic carbocycles. The summed E-state index contributed by atoms with van der Waals surface area (Å²) in [5.74, 6) is 0. The van der Waals surface area contributed by atoms with Gasteiger partial charge in [0.05, 0.1) is 5.69 Å². The van der Waals surface area contributed by atoms with E-state index in [0.717, 1.165) is 35.0 Å². The Morgan fingerprint density at radius 1 is 1.23 bits per heavy atom. The predicted octanol–water partition coefficient (Wildman–Crippen LogP) is 4.14. The summed E-state index contributed by atoms with van der Waals surface area (Å²) >= 11 is 2.27. The quantitative estimate of drug-likeness (QED) is 0.352. The Bertz CT molecular complexity index is 635. The third kappa shape index (κ3) is 6.52. The average molecular weight is 493 g/mol. The fourth-order valence-corrected chi connectivity index (χ4v) is 4.23. The van der Waals surface area contributed by atoms with E-state index in [-0.39, 0.29) is 6.09 Å². The zero-order valence-electron chi connectivity index (χ0n) is 16.9. The average Bonchev–Trinajstić information content (AvgIpc) is 2.64. The lowest BCUT2D eigenvalue weighted by Crippen LogP contribution is -2.38. The highest BCUT2D eigenvalue weighted by Gasteiger charge is 2.27. The second-order valence-corrected chi connectivity index (χ2v) is 15.6. The van der Waals surface area contributed by atoms with Gasteiger partial charge in [-0.2, -0.15) is 0 Å². The SMILES string of the molecule is CC(C)(C)OC(=O)N1CCc2nc(I)n(COCC[Si](C)(C)C)c2CC1. The normalized spacial score (nSPS) is 15.6. The summed E-state index contributed by atoms with van der Waals surface area (Å²) in [5, 5.41) is 0. The van der Waals surface area contributed by atoms with Gasteiger partial charge >= 0.3 is 6.09 Å². The van der Waals surface area contributed by atoms with E-state index in [2.05, 4.69) is 46.8 Å². The monoisotopic (exact) mass is 493 g/mol. The molecule has 0 atom stereocenters. The minimum absolute atomic E-state index is 0.240. The molecule has 1 aromatic rings. The number of hydrogen-bond acceptors (Lipinski definition) is 4. The van der Waals surface area contributed by atoms with E-state index in [9.17, 15) is 4.79 Å². The van der Waals surface area contributed by atoms with Gasteiger partial charge in [0.25, 0.3) is 0 Å². The largest absolute Gasteiger partial charge is 0.444 e. The van der Waals surface area contributed by atoms with E-state index in [0.29, 0.717) is 19.8 Å². The number of nitrogens with zero attached hydrogens (tertiary/aromatic N) is 3. The number of amides is 1. The number of carbonyl (C=O) groups is 1. The topological polar surface area (TPSA) is 56.6 Å². The van der Waals surface area contributed by atoms with E-state index in [1.807, 2.05) is 20.8 Å². The van der Waals surface area contributed by atoms with Crippen molar-refractivity contribution in [3.63, 3.8) is 0 Å². The molecule has 2 heterocycles. The van der Waals surface area contributed by atoms with E-state index in [4.69, 9.17) is 14.5 Å². The smallest absolute Gasteiger partial charge is 0.410 e. The molecule has 0 spiro atoms. The van der Waals surface area contributed by atoms with Crippen LogP contribution in [-0.4, -0.2) is 53.9 Å². The molecule has 0 unspecified atom stereocenters. The maximum Gasteiger partial charge on any atom is 0.410 e. The third-order valence-corrected chi connectivity index (χ3v) is 6.74. The summed E-state index contributed by atoms with van der Waals surface area (Å²) in [6, 6.07) is 1.16. The van der Waals surface area contributed by atoms with Crippen molar-refractivity contribution in [2.45, 2.75) is 71.6 Å². The first-order valence-electron chi connectivity index (χ1n) is 9.26. The van der Waals surface area contributed by atoms with Crippen LogP contribution in [0.25, 0.3) is 0 Å². The molecule has 2 rings (SSSR count). The molecule has 148 valence electrons. The van der Waals surface area contributed by atoms with Crippen LogP contribution in [0.3, 0.4) is 0 Å². The Balaban J connectivity index is 1.98. The zero-order chi connectivity index (χ0) is 19.5. The number of carbonyl (C=O) groups excluding carboxylic acids is 1. The maximum atomic E-state index is 12.4. The van der Waals surface area contributed by atoms with Crippen LogP contribution in [0.15, 0.2) is 0 Å². The molecule has 1 amide bonds. The lowest BCUT2D eigenvalue weighted by molar-refractivity contribution is 0.0257. The van der Waals surface area contributed by atoms with Gasteiger partial charge in [0, 0.05) is 68.9 Å². The van der Waals surface area contributed by atoms with Crippen molar-refractivity contribution >= 4 is 36.8 Å². The van der Waals surface area contributed by atoms with E-state index in [1.54, 1.807) is 4.90 Å². The van der Waals surface area contributed by atoms with E-state index >= 15 is 0 Å². The molecule has 0 aromatic carbocycles. The zero-order valence-corrected chi connectivity index (χ0v) is 20.1. The Labute approximate surface area is 171 Å². The molecule has 6 nitrogen and oxygen atoms in total. The van der Waals surface area contributed by atoms with Crippen LogP contribution in [0.4, 0.5) is 4.79 Å². The summed E-state index contributed by atoms with van der Waals surface area (Å²) in [5.41, 5.74) is 1.80. The standard InChI is InChI=1S/C18H32IN3O3Si/c1-18(2,3)25-17(23)21-9-7-14-15(8-10-21)22(16(19)20-14)13-24-11-12-26(4,5)6/h7-13H2,1-6H3. The molecule has 1 aliphatic rings. The molecular formula is C18H32IN3O3Si. The van der Waals surface area contributed by atoms with Crippen molar-refractivity contribution in [1.29, 1.82) is 0 Å². The van der Waals surface area contributed by atoms with Crippen molar-refractivity contribution in [3.8, 4) is 0 Å². The number of aromatic nitrogens is 2. The molecule has 0 fully saturated rings. The predicted molar refractivity (Wildman–Crippen MR) is 114 cm³/mol. The Morgan fingerprint density at radius 2 is 1.88 bits per heavy atom. The van der Waals surface area contributed by atoms with Crippen molar-refractivity contribution in [2.75, 3.05) is 19.7 Å². The molecule has 26 heavy (non-hydrogen) atoms. The van der Waals surface area contributed by atoms with Crippen LogP contribution < -0.4 is 0 Å². The van der Waals surface area contributed by atoms with Gasteiger partial charge in [-0.05, 0) is 26.8 Å². The first-order chi connectivity index (χ1) is 12.0. The first-order valence-corrected chi connectivity index (χ1v) is 14.0. The Morgan fingerprint density at radius 3 is 2.50 bits per heavy atom. The molecule has 0 N–H and O–H groups in total. The molecule has 0 saturated carbocycles. The van der Waals surface area contributed by atoms with E-state index < -0.39 is 13.7 Å². The minimum Gasteiger partial charge on any atom is -0.444 e. The lowest BCUT2D eigenvalue weighted by atomic mass is 10.2. The summed E-state index contributed by atoms with van der Waals surface area (Å²) in [7, 11) is -1.08. The number of hydrogen-bond donors (Lipinski definition) is 0. The van der Waals surface area contributed by atoms with Crippen LogP contribution in [0.5, 0.6) is 0 Å². The Kier molecular flexibility index (Phi) is 7.17. The Hall–Kier alpha value is -0.613. The van der Waals surface area contributed by atoms with Crippen LogP contribution >= 0.6 is 22.6 Å². The fraction of sp³-hybridized carbons (Fsp3) is 0.778. The van der Waals surface area contributed by atoms with Gasteiger partial charge in [0.2, 0.25) is 0 Å². The van der Waals surface area contributed by atoms with Crippen molar-refractivity contribution in [3.05, 3.63) is 15.2 Å². The highest BCUT2D eigenvalue weighted by Crippen LogP contribution is 2.21. The minimum atomic E-state index is -1.08. The summed E-state index contributed by atoms with van der Waals surface area (Å²) < 4.78 is 14.6. The molecule has 1 aromatic heterocycles.